The molecule has 0 radical (unpaired) electrons. The maximum Gasteiger partial charge on any atom is 0.252 e. The van der Waals surface area contributed by atoms with Gasteiger partial charge in [-0.15, -0.1) is 0 Å². The second-order valence-electron chi connectivity index (χ2n) is 7.49. The summed E-state index contributed by atoms with van der Waals surface area (Å²) in [4.78, 5) is 21.2. The number of halogens is 2. The molecule has 9 heteroatoms. The Morgan fingerprint density at radius 1 is 1.15 bits per heavy atom. The molecule has 34 heavy (non-hydrogen) atoms. The lowest BCUT2D eigenvalue weighted by atomic mass is 10.1. The van der Waals surface area contributed by atoms with E-state index in [4.69, 9.17) is 0 Å². The number of benzene rings is 2. The van der Waals surface area contributed by atoms with Crippen LogP contribution in [0.5, 0.6) is 0 Å². The van der Waals surface area contributed by atoms with Gasteiger partial charge in [0.15, 0.2) is 0 Å². The van der Waals surface area contributed by atoms with Crippen LogP contribution in [-0.2, 0) is 13.6 Å². The largest absolute Gasteiger partial charge is 0.378 e. The van der Waals surface area contributed by atoms with Gasteiger partial charge in [0.2, 0.25) is 0 Å². The number of pyridine rings is 1. The number of hydrogen-bond donors (Lipinski definition) is 2. The summed E-state index contributed by atoms with van der Waals surface area (Å²) in [6.07, 6.45) is 5.22. The Morgan fingerprint density at radius 2 is 1.94 bits per heavy atom. The first-order valence-corrected chi connectivity index (χ1v) is 10.4. The quantitative estimate of drug-likeness (QED) is 0.429. The molecule has 0 aliphatic rings. The minimum atomic E-state index is -1.33. The fourth-order valence-electron chi connectivity index (χ4n) is 3.48. The first-order valence-electron chi connectivity index (χ1n) is 10.4. The van der Waals surface area contributed by atoms with Gasteiger partial charge in [-0.1, -0.05) is 6.07 Å². The average Bonchev–Trinajstić information content (AvgIpc) is 3.23. The van der Waals surface area contributed by atoms with Crippen molar-refractivity contribution in [1.82, 2.24) is 19.9 Å². The maximum absolute atomic E-state index is 14.0. The summed E-state index contributed by atoms with van der Waals surface area (Å²) < 4.78 is 29.5. The Hall–Kier alpha value is -4.58. The van der Waals surface area contributed by atoms with Gasteiger partial charge in [0.1, 0.15) is 23.5 Å². The number of hydrogen-bond acceptors (Lipinski definition) is 5. The van der Waals surface area contributed by atoms with Crippen LogP contribution in [0, 0.1) is 23.0 Å². The van der Waals surface area contributed by atoms with Gasteiger partial charge in [0, 0.05) is 41.8 Å². The highest BCUT2D eigenvalue weighted by Gasteiger charge is 2.19. The van der Waals surface area contributed by atoms with E-state index < -0.39 is 23.6 Å². The Morgan fingerprint density at radius 3 is 2.71 bits per heavy atom. The summed E-state index contributed by atoms with van der Waals surface area (Å²) in [6.45, 7) is 0.405. The summed E-state index contributed by atoms with van der Waals surface area (Å²) in [5, 5.41) is 15.1. The Bertz CT molecular complexity index is 1360. The predicted octanol–water partition coefficient (Wildman–Crippen LogP) is 4.37. The lowest BCUT2D eigenvalue weighted by Gasteiger charge is -2.14. The molecule has 0 aliphatic heterocycles. The number of anilines is 1. The molecule has 0 spiro atoms. The second kappa shape index (κ2) is 9.92. The van der Waals surface area contributed by atoms with Crippen molar-refractivity contribution in [2.75, 3.05) is 5.32 Å². The molecule has 0 bridgehead atoms. The van der Waals surface area contributed by atoms with E-state index in [9.17, 15) is 18.8 Å². The van der Waals surface area contributed by atoms with Gasteiger partial charge in [-0.05, 0) is 48.5 Å². The van der Waals surface area contributed by atoms with E-state index in [-0.39, 0.29) is 11.1 Å². The average molecular weight is 458 g/mol. The van der Waals surface area contributed by atoms with E-state index >= 15 is 0 Å². The molecule has 0 unspecified atom stereocenters. The van der Waals surface area contributed by atoms with Gasteiger partial charge >= 0.3 is 0 Å². The third-order valence-electron chi connectivity index (χ3n) is 5.31. The van der Waals surface area contributed by atoms with Gasteiger partial charge < -0.3 is 15.2 Å². The third kappa shape index (κ3) is 4.91. The number of amides is 1. The summed E-state index contributed by atoms with van der Waals surface area (Å²) >= 11 is 0. The fourth-order valence-corrected chi connectivity index (χ4v) is 3.48. The molecule has 0 saturated heterocycles. The zero-order chi connectivity index (χ0) is 24.1. The number of rotatable bonds is 7. The SMILES string of the molecule is Cn1c(-c2ccncc2)cnc1CNc1cccc(C(=O)N[C@H](C#N)c2cc(F)ccc2F)c1. The highest BCUT2D eigenvalue weighted by atomic mass is 19.1. The number of carbonyl (C=O) groups is 1. The molecule has 4 rings (SSSR count). The molecule has 0 fully saturated rings. The van der Waals surface area contributed by atoms with Crippen LogP contribution in [0.1, 0.15) is 27.8 Å². The van der Waals surface area contributed by atoms with E-state index in [1.165, 1.54) is 0 Å². The van der Waals surface area contributed by atoms with Crippen LogP contribution < -0.4 is 10.6 Å². The molecule has 4 aromatic rings. The highest BCUT2D eigenvalue weighted by molar-refractivity contribution is 5.95. The fraction of sp³-hybridized carbons (Fsp3) is 0.120. The highest BCUT2D eigenvalue weighted by Crippen LogP contribution is 2.21. The van der Waals surface area contributed by atoms with Gasteiger partial charge in [-0.3, -0.25) is 9.78 Å². The summed E-state index contributed by atoms with van der Waals surface area (Å²) in [7, 11) is 1.91. The predicted molar refractivity (Wildman–Crippen MR) is 122 cm³/mol. The Labute approximate surface area is 194 Å². The van der Waals surface area contributed by atoms with Gasteiger partial charge in [0.05, 0.1) is 24.5 Å². The minimum absolute atomic E-state index is 0.232. The maximum atomic E-state index is 14.0. The lowest BCUT2D eigenvalue weighted by molar-refractivity contribution is 0.0944. The van der Waals surface area contributed by atoms with Crippen LogP contribution in [0.4, 0.5) is 14.5 Å². The van der Waals surface area contributed by atoms with Gasteiger partial charge in [0.25, 0.3) is 5.91 Å². The number of nitrogens with zero attached hydrogens (tertiary/aromatic N) is 4. The van der Waals surface area contributed by atoms with Crippen molar-refractivity contribution in [2.24, 2.45) is 7.05 Å². The van der Waals surface area contributed by atoms with Crippen LogP contribution in [0.3, 0.4) is 0 Å². The zero-order valence-electron chi connectivity index (χ0n) is 18.2. The van der Waals surface area contributed by atoms with Gasteiger partial charge in [-0.25, -0.2) is 13.8 Å². The second-order valence-corrected chi connectivity index (χ2v) is 7.49. The molecule has 2 heterocycles. The molecule has 1 amide bonds. The molecule has 170 valence electrons. The molecule has 2 N–H and O–H groups in total. The summed E-state index contributed by atoms with van der Waals surface area (Å²) in [5.41, 5.74) is 2.63. The molecule has 1 atom stereocenters. The van der Waals surface area contributed by atoms with Crippen molar-refractivity contribution in [3.05, 3.63) is 102 Å². The van der Waals surface area contributed by atoms with Crippen molar-refractivity contribution in [1.29, 1.82) is 5.26 Å². The molecule has 7 nitrogen and oxygen atoms in total. The number of nitriles is 1. The van der Waals surface area contributed by atoms with Crippen LogP contribution in [-0.4, -0.2) is 20.4 Å². The van der Waals surface area contributed by atoms with Crippen molar-refractivity contribution >= 4 is 11.6 Å². The zero-order valence-corrected chi connectivity index (χ0v) is 18.2. The van der Waals surface area contributed by atoms with E-state index in [0.717, 1.165) is 35.3 Å². The first-order chi connectivity index (χ1) is 16.5. The monoisotopic (exact) mass is 458 g/mol. The Kier molecular flexibility index (Phi) is 6.59. The molecular formula is C25H20F2N6O. The van der Waals surface area contributed by atoms with Crippen molar-refractivity contribution in [3.63, 3.8) is 0 Å². The Balaban J connectivity index is 1.45. The molecular weight excluding hydrogens is 438 g/mol. The number of aromatic nitrogens is 3. The summed E-state index contributed by atoms with van der Waals surface area (Å²) in [6, 6.07) is 13.7. The van der Waals surface area contributed by atoms with E-state index in [0.29, 0.717) is 12.2 Å². The normalized spacial score (nSPS) is 11.5. The van der Waals surface area contributed by atoms with Crippen molar-refractivity contribution < 1.29 is 13.6 Å². The van der Waals surface area contributed by atoms with Gasteiger partial charge in [-0.2, -0.15) is 5.26 Å². The van der Waals surface area contributed by atoms with E-state index in [1.54, 1.807) is 48.9 Å². The van der Waals surface area contributed by atoms with Crippen LogP contribution in [0.25, 0.3) is 11.3 Å². The standard InChI is InChI=1S/C25H20F2N6O/c1-33-23(16-7-9-29-10-8-16)14-31-24(33)15-30-19-4-2-3-17(11-19)25(34)32-22(13-28)20-12-18(26)5-6-21(20)27/h2-12,14,22,30H,15H2,1H3,(H,32,34)/t22-/m1/s1. The molecule has 0 saturated carbocycles. The smallest absolute Gasteiger partial charge is 0.252 e. The molecule has 0 aliphatic carbocycles. The van der Waals surface area contributed by atoms with Crippen LogP contribution >= 0.6 is 0 Å². The number of nitrogens with one attached hydrogen (secondary N) is 2. The van der Waals surface area contributed by atoms with Crippen LogP contribution in [0.2, 0.25) is 0 Å². The topological polar surface area (TPSA) is 95.6 Å². The third-order valence-corrected chi connectivity index (χ3v) is 5.31. The number of carbonyl (C=O) groups excluding carboxylic acids is 1. The summed E-state index contributed by atoms with van der Waals surface area (Å²) in [5.74, 6) is -1.27. The number of imidazole rings is 1. The van der Waals surface area contributed by atoms with Crippen LogP contribution in [0.15, 0.2) is 73.2 Å². The van der Waals surface area contributed by atoms with E-state index in [1.807, 2.05) is 23.7 Å². The lowest BCUT2D eigenvalue weighted by Crippen LogP contribution is -2.28. The van der Waals surface area contributed by atoms with Crippen molar-refractivity contribution in [3.8, 4) is 17.3 Å². The molecule has 2 aromatic carbocycles. The molecule has 2 aromatic heterocycles. The van der Waals surface area contributed by atoms with Crippen molar-refractivity contribution in [2.45, 2.75) is 12.6 Å². The van der Waals surface area contributed by atoms with E-state index in [2.05, 4.69) is 20.6 Å². The first kappa shape index (κ1) is 22.6. The minimum Gasteiger partial charge on any atom is -0.378 e.